The highest BCUT2D eigenvalue weighted by molar-refractivity contribution is 9.10. The van der Waals surface area contributed by atoms with Crippen LogP contribution >= 0.6 is 15.9 Å². The normalized spacial score (nSPS) is 18.1. The Morgan fingerprint density at radius 2 is 2.05 bits per heavy atom. The molecular formula is C17H17BrFNO. The Morgan fingerprint density at radius 1 is 1.29 bits per heavy atom. The van der Waals surface area contributed by atoms with E-state index in [9.17, 15) is 4.39 Å². The maximum atomic E-state index is 13.2. The lowest BCUT2D eigenvalue weighted by Crippen LogP contribution is -2.31. The van der Waals surface area contributed by atoms with Gasteiger partial charge in [-0.25, -0.2) is 4.39 Å². The topological polar surface area (TPSA) is 21.3 Å². The van der Waals surface area contributed by atoms with Gasteiger partial charge in [0.2, 0.25) is 0 Å². The van der Waals surface area contributed by atoms with Crippen molar-refractivity contribution in [3.8, 4) is 5.75 Å². The molecule has 3 rings (SSSR count). The minimum Gasteiger partial charge on any atom is -0.488 e. The zero-order valence-electron chi connectivity index (χ0n) is 11.8. The van der Waals surface area contributed by atoms with E-state index in [0.717, 1.165) is 28.8 Å². The third-order valence-electron chi connectivity index (χ3n) is 3.79. The molecule has 0 spiro atoms. The smallest absolute Gasteiger partial charge is 0.123 e. The number of hydrogen-bond acceptors (Lipinski definition) is 2. The molecule has 4 heteroatoms. The second-order valence-electron chi connectivity index (χ2n) is 5.38. The third kappa shape index (κ3) is 3.44. The molecule has 0 saturated carbocycles. The maximum Gasteiger partial charge on any atom is 0.123 e. The summed E-state index contributed by atoms with van der Waals surface area (Å²) in [4.78, 5) is 0. The number of ether oxygens (including phenoxy) is 1. The van der Waals surface area contributed by atoms with E-state index in [1.54, 1.807) is 12.1 Å². The van der Waals surface area contributed by atoms with Crippen LogP contribution in [0.2, 0.25) is 0 Å². The van der Waals surface area contributed by atoms with Crippen molar-refractivity contribution in [1.29, 1.82) is 0 Å². The third-order valence-corrected chi connectivity index (χ3v) is 4.31. The Bertz CT molecular complexity index is 629. The van der Waals surface area contributed by atoms with Gasteiger partial charge in [-0.1, -0.05) is 28.1 Å². The summed E-state index contributed by atoms with van der Waals surface area (Å²) >= 11 is 3.44. The Hall–Kier alpha value is -1.39. The van der Waals surface area contributed by atoms with Crippen LogP contribution in [0.25, 0.3) is 0 Å². The molecular weight excluding hydrogens is 333 g/mol. The molecule has 0 aromatic heterocycles. The van der Waals surface area contributed by atoms with Crippen LogP contribution in [0.3, 0.4) is 0 Å². The predicted octanol–water partition coefficient (Wildman–Crippen LogP) is 4.24. The van der Waals surface area contributed by atoms with Crippen molar-refractivity contribution in [3.05, 3.63) is 63.9 Å². The summed E-state index contributed by atoms with van der Waals surface area (Å²) in [6, 6.07) is 13.2. The largest absolute Gasteiger partial charge is 0.488 e. The van der Waals surface area contributed by atoms with Crippen molar-refractivity contribution >= 4 is 15.9 Å². The Morgan fingerprint density at radius 3 is 2.81 bits per heavy atom. The SMILES string of the molecule is CC(NCC1Cc2cc(F)ccc2O1)c1ccc(Br)cc1. The van der Waals surface area contributed by atoms with E-state index < -0.39 is 0 Å². The predicted molar refractivity (Wildman–Crippen MR) is 85.1 cm³/mol. The summed E-state index contributed by atoms with van der Waals surface area (Å²) in [5.41, 5.74) is 2.19. The highest BCUT2D eigenvalue weighted by Gasteiger charge is 2.23. The lowest BCUT2D eigenvalue weighted by Gasteiger charge is -2.17. The van der Waals surface area contributed by atoms with Crippen molar-refractivity contribution < 1.29 is 9.13 Å². The van der Waals surface area contributed by atoms with Gasteiger partial charge in [0.25, 0.3) is 0 Å². The second-order valence-corrected chi connectivity index (χ2v) is 6.29. The van der Waals surface area contributed by atoms with Crippen LogP contribution in [0.5, 0.6) is 5.75 Å². The average molecular weight is 350 g/mol. The summed E-state index contributed by atoms with van der Waals surface area (Å²) in [5.74, 6) is 0.605. The minimum atomic E-state index is -0.200. The maximum absolute atomic E-state index is 13.2. The van der Waals surface area contributed by atoms with Gasteiger partial charge >= 0.3 is 0 Å². The zero-order chi connectivity index (χ0) is 14.8. The number of halogens is 2. The van der Waals surface area contributed by atoms with Gasteiger partial charge in [-0.2, -0.15) is 0 Å². The van der Waals surface area contributed by atoms with Gasteiger partial charge in [0, 0.05) is 29.0 Å². The van der Waals surface area contributed by atoms with Crippen LogP contribution in [0, 0.1) is 5.82 Å². The Kier molecular flexibility index (Phi) is 4.27. The fourth-order valence-corrected chi connectivity index (χ4v) is 2.84. The first-order valence-corrected chi connectivity index (χ1v) is 7.85. The molecule has 0 radical (unpaired) electrons. The van der Waals surface area contributed by atoms with Crippen molar-refractivity contribution in [2.24, 2.45) is 0 Å². The van der Waals surface area contributed by atoms with Crippen LogP contribution in [0.1, 0.15) is 24.1 Å². The zero-order valence-corrected chi connectivity index (χ0v) is 13.4. The molecule has 1 aliphatic heterocycles. The molecule has 110 valence electrons. The average Bonchev–Trinajstić information content (AvgIpc) is 2.87. The first kappa shape index (κ1) is 14.5. The highest BCUT2D eigenvalue weighted by atomic mass is 79.9. The quantitative estimate of drug-likeness (QED) is 0.891. The molecule has 1 N–H and O–H groups in total. The molecule has 1 aliphatic rings. The molecule has 2 nitrogen and oxygen atoms in total. The number of nitrogens with one attached hydrogen (secondary N) is 1. The van der Waals surface area contributed by atoms with E-state index in [0.29, 0.717) is 0 Å². The molecule has 1 heterocycles. The van der Waals surface area contributed by atoms with E-state index in [4.69, 9.17) is 4.74 Å². The van der Waals surface area contributed by atoms with Gasteiger partial charge in [0.05, 0.1) is 0 Å². The van der Waals surface area contributed by atoms with E-state index >= 15 is 0 Å². The lowest BCUT2D eigenvalue weighted by molar-refractivity contribution is 0.222. The monoisotopic (exact) mass is 349 g/mol. The molecule has 2 atom stereocenters. The minimum absolute atomic E-state index is 0.0692. The van der Waals surface area contributed by atoms with E-state index in [2.05, 4.69) is 40.3 Å². The van der Waals surface area contributed by atoms with Gasteiger partial charge in [-0.05, 0) is 42.8 Å². The van der Waals surface area contributed by atoms with Gasteiger partial charge in [0.1, 0.15) is 17.7 Å². The van der Waals surface area contributed by atoms with Gasteiger partial charge < -0.3 is 10.1 Å². The lowest BCUT2D eigenvalue weighted by atomic mass is 10.1. The summed E-state index contributed by atoms with van der Waals surface area (Å²) in [5, 5.41) is 3.48. The van der Waals surface area contributed by atoms with E-state index in [1.807, 2.05) is 12.1 Å². The number of fused-ring (bicyclic) bond motifs is 1. The number of rotatable bonds is 4. The van der Waals surface area contributed by atoms with Crippen molar-refractivity contribution in [1.82, 2.24) is 5.32 Å². The molecule has 0 fully saturated rings. The number of hydrogen-bond donors (Lipinski definition) is 1. The Labute approximate surface area is 132 Å². The molecule has 2 aromatic rings. The number of benzene rings is 2. The van der Waals surface area contributed by atoms with Gasteiger partial charge in [0.15, 0.2) is 0 Å². The standard InChI is InChI=1S/C17H17BrFNO/c1-11(12-2-4-14(18)5-3-12)20-10-16-9-13-8-15(19)6-7-17(13)21-16/h2-8,11,16,20H,9-10H2,1H3. The first-order chi connectivity index (χ1) is 10.1. The van der Waals surface area contributed by atoms with Crippen molar-refractivity contribution in [2.75, 3.05) is 6.54 Å². The Balaban J connectivity index is 1.56. The van der Waals surface area contributed by atoms with Gasteiger partial charge in [-0.15, -0.1) is 0 Å². The fraction of sp³-hybridized carbons (Fsp3) is 0.294. The van der Waals surface area contributed by atoms with Crippen molar-refractivity contribution in [2.45, 2.75) is 25.5 Å². The molecule has 2 aromatic carbocycles. The molecule has 21 heavy (non-hydrogen) atoms. The molecule has 0 saturated heterocycles. The van der Waals surface area contributed by atoms with E-state index in [-0.39, 0.29) is 18.0 Å². The van der Waals surface area contributed by atoms with Crippen LogP contribution < -0.4 is 10.1 Å². The second kappa shape index (κ2) is 6.16. The summed E-state index contributed by atoms with van der Waals surface area (Å²) in [7, 11) is 0. The molecule has 2 unspecified atom stereocenters. The summed E-state index contributed by atoms with van der Waals surface area (Å²) < 4.78 is 20.1. The fourth-order valence-electron chi connectivity index (χ4n) is 2.58. The highest BCUT2D eigenvalue weighted by Crippen LogP contribution is 2.29. The molecule has 0 bridgehead atoms. The van der Waals surface area contributed by atoms with Crippen LogP contribution in [-0.4, -0.2) is 12.6 Å². The van der Waals surface area contributed by atoms with Crippen LogP contribution in [0.4, 0.5) is 4.39 Å². The summed E-state index contributed by atoms with van der Waals surface area (Å²) in [6.07, 6.45) is 0.826. The molecule has 0 aliphatic carbocycles. The van der Waals surface area contributed by atoms with Gasteiger partial charge in [-0.3, -0.25) is 0 Å². The first-order valence-electron chi connectivity index (χ1n) is 7.06. The van der Waals surface area contributed by atoms with E-state index in [1.165, 1.54) is 11.6 Å². The molecule has 0 amide bonds. The van der Waals surface area contributed by atoms with Crippen LogP contribution in [0.15, 0.2) is 46.9 Å². The van der Waals surface area contributed by atoms with Crippen molar-refractivity contribution in [3.63, 3.8) is 0 Å². The summed E-state index contributed by atoms with van der Waals surface area (Å²) in [6.45, 7) is 2.87. The van der Waals surface area contributed by atoms with Crippen LogP contribution in [-0.2, 0) is 6.42 Å².